The minimum absolute atomic E-state index is 0.0448. The minimum Gasteiger partial charge on any atom is -0.451 e. The molecule has 0 spiro atoms. The van der Waals surface area contributed by atoms with Gasteiger partial charge in [-0.25, -0.2) is 0 Å². The maximum Gasteiger partial charge on any atom is 0.289 e. The Morgan fingerprint density at radius 2 is 1.91 bits per heavy atom. The Kier molecular flexibility index (Phi) is 4.35. The van der Waals surface area contributed by atoms with Crippen molar-refractivity contribution in [1.29, 1.82) is 0 Å². The standard InChI is InChI=1S/C18H21ClN2O2/c1-11-7-12(2)10-21(9-11)18(22)17-6-5-16(23-17)13-3-4-14(19)15(20)8-13/h3-6,8,11-12H,7,9-10,20H2,1-2H3/t11-,12-/m0/s1. The van der Waals surface area contributed by atoms with Crippen molar-refractivity contribution in [3.8, 4) is 11.3 Å². The van der Waals surface area contributed by atoms with Gasteiger partial charge in [-0.2, -0.15) is 0 Å². The molecule has 122 valence electrons. The highest BCUT2D eigenvalue weighted by molar-refractivity contribution is 6.33. The van der Waals surface area contributed by atoms with Crippen LogP contribution in [-0.4, -0.2) is 23.9 Å². The summed E-state index contributed by atoms with van der Waals surface area (Å²) >= 11 is 5.94. The van der Waals surface area contributed by atoms with E-state index in [4.69, 9.17) is 21.8 Å². The van der Waals surface area contributed by atoms with E-state index in [1.165, 1.54) is 0 Å². The molecule has 2 aromatic rings. The molecule has 1 fully saturated rings. The first-order valence-electron chi connectivity index (χ1n) is 7.88. The number of hydrogen-bond donors (Lipinski definition) is 1. The maximum absolute atomic E-state index is 12.6. The predicted molar refractivity (Wildman–Crippen MR) is 92.4 cm³/mol. The number of anilines is 1. The first kappa shape index (κ1) is 15.9. The van der Waals surface area contributed by atoms with Gasteiger partial charge in [-0.3, -0.25) is 4.79 Å². The van der Waals surface area contributed by atoms with E-state index in [0.717, 1.165) is 25.1 Å². The zero-order chi connectivity index (χ0) is 16.6. The number of nitrogens with two attached hydrogens (primary N) is 1. The summed E-state index contributed by atoms with van der Waals surface area (Å²) in [5, 5.41) is 0.507. The van der Waals surface area contributed by atoms with Crippen LogP contribution in [0.4, 0.5) is 5.69 Å². The Morgan fingerprint density at radius 1 is 1.22 bits per heavy atom. The van der Waals surface area contributed by atoms with Gasteiger partial charge in [-0.15, -0.1) is 0 Å². The molecule has 1 aliphatic heterocycles. The second-order valence-electron chi connectivity index (χ2n) is 6.56. The van der Waals surface area contributed by atoms with Crippen molar-refractivity contribution in [2.45, 2.75) is 20.3 Å². The Labute approximate surface area is 141 Å². The molecule has 2 N–H and O–H groups in total. The number of hydrogen-bond acceptors (Lipinski definition) is 3. The number of nitrogens with zero attached hydrogens (tertiary/aromatic N) is 1. The molecule has 0 bridgehead atoms. The topological polar surface area (TPSA) is 59.5 Å². The highest BCUT2D eigenvalue weighted by atomic mass is 35.5. The average molecular weight is 333 g/mol. The molecule has 3 rings (SSSR count). The van der Waals surface area contributed by atoms with Crippen molar-refractivity contribution in [2.24, 2.45) is 11.8 Å². The number of piperidine rings is 1. The zero-order valence-electron chi connectivity index (χ0n) is 13.4. The summed E-state index contributed by atoms with van der Waals surface area (Å²) in [6, 6.07) is 8.83. The Morgan fingerprint density at radius 3 is 2.57 bits per heavy atom. The molecule has 5 heteroatoms. The smallest absolute Gasteiger partial charge is 0.289 e. The lowest BCUT2D eigenvalue weighted by molar-refractivity contribution is 0.0592. The second kappa shape index (κ2) is 6.28. The predicted octanol–water partition coefficient (Wildman–Crippen LogP) is 4.30. The third-order valence-electron chi connectivity index (χ3n) is 4.25. The van der Waals surface area contributed by atoms with Crippen LogP contribution >= 0.6 is 11.6 Å². The van der Waals surface area contributed by atoms with Crippen LogP contribution in [0.3, 0.4) is 0 Å². The normalized spacial score (nSPS) is 21.4. The van der Waals surface area contributed by atoms with Gasteiger partial charge in [0.25, 0.3) is 5.91 Å². The van der Waals surface area contributed by atoms with Crippen LogP contribution in [0.25, 0.3) is 11.3 Å². The van der Waals surface area contributed by atoms with E-state index < -0.39 is 0 Å². The van der Waals surface area contributed by atoms with E-state index >= 15 is 0 Å². The highest BCUT2D eigenvalue weighted by Gasteiger charge is 2.27. The van der Waals surface area contributed by atoms with Gasteiger partial charge >= 0.3 is 0 Å². The Balaban J connectivity index is 1.81. The van der Waals surface area contributed by atoms with Gasteiger partial charge in [-0.05, 0) is 48.6 Å². The van der Waals surface area contributed by atoms with Gasteiger partial charge in [0.15, 0.2) is 5.76 Å². The lowest BCUT2D eigenvalue weighted by Gasteiger charge is -2.34. The summed E-state index contributed by atoms with van der Waals surface area (Å²) in [6.45, 7) is 5.93. The Hall–Kier alpha value is -1.94. The van der Waals surface area contributed by atoms with Crippen LogP contribution in [0.2, 0.25) is 5.02 Å². The van der Waals surface area contributed by atoms with Gasteiger partial charge in [0, 0.05) is 18.7 Å². The molecule has 1 aromatic carbocycles. The van der Waals surface area contributed by atoms with Crippen LogP contribution in [0.15, 0.2) is 34.7 Å². The SMILES string of the molecule is C[C@H]1C[C@H](C)CN(C(=O)c2ccc(-c3ccc(Cl)c(N)c3)o2)C1. The molecule has 0 radical (unpaired) electrons. The van der Waals surface area contributed by atoms with Gasteiger partial charge < -0.3 is 15.1 Å². The summed E-state index contributed by atoms with van der Waals surface area (Å²) in [5.74, 6) is 1.99. The molecule has 1 saturated heterocycles. The molecule has 0 saturated carbocycles. The molecule has 0 aliphatic carbocycles. The zero-order valence-corrected chi connectivity index (χ0v) is 14.1. The molecular weight excluding hydrogens is 312 g/mol. The summed E-state index contributed by atoms with van der Waals surface area (Å²) in [5.41, 5.74) is 7.13. The molecule has 23 heavy (non-hydrogen) atoms. The summed E-state index contributed by atoms with van der Waals surface area (Å²) in [6.07, 6.45) is 1.16. The number of amides is 1. The summed E-state index contributed by atoms with van der Waals surface area (Å²) in [4.78, 5) is 14.5. The number of benzene rings is 1. The molecule has 0 unspecified atom stereocenters. The van der Waals surface area contributed by atoms with Crippen LogP contribution in [0.1, 0.15) is 30.8 Å². The number of halogens is 1. The fourth-order valence-corrected chi connectivity index (χ4v) is 3.41. The van der Waals surface area contributed by atoms with Crippen LogP contribution in [-0.2, 0) is 0 Å². The Bertz CT molecular complexity index is 716. The van der Waals surface area contributed by atoms with E-state index in [0.29, 0.717) is 34.1 Å². The second-order valence-corrected chi connectivity index (χ2v) is 6.96. The van der Waals surface area contributed by atoms with E-state index in [2.05, 4.69) is 13.8 Å². The molecule has 1 aromatic heterocycles. The summed E-state index contributed by atoms with van der Waals surface area (Å²) < 4.78 is 5.76. The van der Waals surface area contributed by atoms with Crippen molar-refractivity contribution >= 4 is 23.2 Å². The first-order valence-corrected chi connectivity index (χ1v) is 8.26. The van der Waals surface area contributed by atoms with Crippen molar-refractivity contribution < 1.29 is 9.21 Å². The van der Waals surface area contributed by atoms with Crippen molar-refractivity contribution in [2.75, 3.05) is 18.8 Å². The largest absolute Gasteiger partial charge is 0.451 e. The number of rotatable bonds is 2. The lowest BCUT2D eigenvalue weighted by atomic mass is 9.92. The number of furan rings is 1. The minimum atomic E-state index is -0.0448. The molecule has 1 aliphatic rings. The third-order valence-corrected chi connectivity index (χ3v) is 4.60. The molecule has 4 nitrogen and oxygen atoms in total. The molecule has 2 heterocycles. The van der Waals surface area contributed by atoms with E-state index in [1.54, 1.807) is 24.3 Å². The van der Waals surface area contributed by atoms with Crippen LogP contribution < -0.4 is 5.73 Å². The fourth-order valence-electron chi connectivity index (χ4n) is 3.29. The van der Waals surface area contributed by atoms with Crippen molar-refractivity contribution in [3.05, 3.63) is 41.1 Å². The first-order chi connectivity index (χ1) is 10.9. The van der Waals surface area contributed by atoms with E-state index in [-0.39, 0.29) is 5.91 Å². The molecule has 1 amide bonds. The van der Waals surface area contributed by atoms with Crippen molar-refractivity contribution in [3.63, 3.8) is 0 Å². The van der Waals surface area contributed by atoms with Gasteiger partial charge in [0.1, 0.15) is 5.76 Å². The monoisotopic (exact) mass is 332 g/mol. The summed E-state index contributed by atoms with van der Waals surface area (Å²) in [7, 11) is 0. The van der Waals surface area contributed by atoms with Crippen molar-refractivity contribution in [1.82, 2.24) is 4.90 Å². The van der Waals surface area contributed by atoms with Gasteiger partial charge in [-0.1, -0.05) is 25.4 Å². The number of nitrogen functional groups attached to an aromatic ring is 1. The molecule has 2 atom stereocenters. The van der Waals surface area contributed by atoms with E-state index in [1.807, 2.05) is 11.0 Å². The average Bonchev–Trinajstić information content (AvgIpc) is 2.98. The number of likely N-dealkylation sites (tertiary alicyclic amines) is 1. The number of carbonyl (C=O) groups is 1. The number of carbonyl (C=O) groups excluding carboxylic acids is 1. The lowest BCUT2D eigenvalue weighted by Crippen LogP contribution is -2.42. The van der Waals surface area contributed by atoms with Gasteiger partial charge in [0.2, 0.25) is 0 Å². The van der Waals surface area contributed by atoms with Gasteiger partial charge in [0.05, 0.1) is 10.7 Å². The van der Waals surface area contributed by atoms with E-state index in [9.17, 15) is 4.79 Å². The quantitative estimate of drug-likeness (QED) is 0.834. The fraction of sp³-hybridized carbons (Fsp3) is 0.389. The van der Waals surface area contributed by atoms with Crippen LogP contribution in [0.5, 0.6) is 0 Å². The third kappa shape index (κ3) is 3.37. The maximum atomic E-state index is 12.6. The highest BCUT2D eigenvalue weighted by Crippen LogP contribution is 2.29. The van der Waals surface area contributed by atoms with Crippen LogP contribution in [0, 0.1) is 11.8 Å². The molecular formula is C18H21ClN2O2.